The van der Waals surface area contributed by atoms with Gasteiger partial charge in [0.15, 0.2) is 0 Å². The topological polar surface area (TPSA) is 12.4 Å². The maximum absolute atomic E-state index is 13.0. The van der Waals surface area contributed by atoms with Crippen LogP contribution in [0.2, 0.25) is 10.0 Å². The van der Waals surface area contributed by atoms with Crippen LogP contribution in [0.4, 0.5) is 4.39 Å². The van der Waals surface area contributed by atoms with E-state index in [0.717, 1.165) is 16.9 Å². The molecule has 1 aromatic rings. The van der Waals surface area contributed by atoms with E-state index in [1.807, 2.05) is 19.1 Å². The maximum Gasteiger partial charge on any atom is 0.113 e. The largest absolute Gasteiger partial charge is 0.249 e. The Kier molecular flexibility index (Phi) is 8.09. The van der Waals surface area contributed by atoms with E-state index in [4.69, 9.17) is 23.2 Å². The summed E-state index contributed by atoms with van der Waals surface area (Å²) in [5, 5.41) is 1.54. The molecule has 0 aliphatic rings. The number of benzene rings is 1. The van der Waals surface area contributed by atoms with Crippen LogP contribution in [0.5, 0.6) is 0 Å². The van der Waals surface area contributed by atoms with E-state index in [1.165, 1.54) is 11.8 Å². The van der Waals surface area contributed by atoms with Gasteiger partial charge < -0.3 is 0 Å². The Labute approximate surface area is 139 Å². The molecular formula is C16H18Cl2FNS. The molecule has 0 spiro atoms. The van der Waals surface area contributed by atoms with Gasteiger partial charge >= 0.3 is 0 Å². The number of aliphatic imine (C=N–C) groups is 1. The Hall–Kier alpha value is -0.770. The molecule has 114 valence electrons. The molecule has 0 bridgehead atoms. The summed E-state index contributed by atoms with van der Waals surface area (Å²) in [6.07, 6.45) is 4.73. The lowest BCUT2D eigenvalue weighted by Gasteiger charge is -2.08. The van der Waals surface area contributed by atoms with Crippen molar-refractivity contribution >= 4 is 41.2 Å². The predicted octanol–water partition coefficient (Wildman–Crippen LogP) is 6.71. The van der Waals surface area contributed by atoms with Gasteiger partial charge in [0.2, 0.25) is 0 Å². The van der Waals surface area contributed by atoms with Crippen LogP contribution in [0.3, 0.4) is 0 Å². The summed E-state index contributed by atoms with van der Waals surface area (Å²) in [6, 6.07) is 5.37. The van der Waals surface area contributed by atoms with Crippen molar-refractivity contribution in [3.8, 4) is 0 Å². The molecule has 0 saturated carbocycles. The Morgan fingerprint density at radius 2 is 2.05 bits per heavy atom. The summed E-state index contributed by atoms with van der Waals surface area (Å²) in [5.41, 5.74) is 1.61. The zero-order valence-corrected chi connectivity index (χ0v) is 14.6. The molecule has 0 unspecified atom stereocenters. The summed E-state index contributed by atoms with van der Waals surface area (Å²) in [4.78, 5) is 5.15. The molecule has 0 aliphatic heterocycles. The fourth-order valence-electron chi connectivity index (χ4n) is 1.48. The summed E-state index contributed by atoms with van der Waals surface area (Å²) in [6.45, 7) is 5.19. The second-order valence-corrected chi connectivity index (χ2v) is 6.30. The Balaban J connectivity index is 3.06. The van der Waals surface area contributed by atoms with Gasteiger partial charge in [-0.25, -0.2) is 9.38 Å². The molecule has 5 heteroatoms. The third kappa shape index (κ3) is 5.85. The van der Waals surface area contributed by atoms with Gasteiger partial charge in [-0.05, 0) is 43.5 Å². The molecule has 0 fully saturated rings. The molecule has 0 atom stereocenters. The van der Waals surface area contributed by atoms with Gasteiger partial charge in [0.25, 0.3) is 0 Å². The number of alkyl halides is 1. The Bertz CT molecular complexity index is 580. The van der Waals surface area contributed by atoms with Gasteiger partial charge in [0.1, 0.15) is 11.7 Å². The van der Waals surface area contributed by atoms with Crippen LogP contribution in [-0.4, -0.2) is 12.9 Å². The smallest absolute Gasteiger partial charge is 0.113 e. The van der Waals surface area contributed by atoms with Crippen molar-refractivity contribution in [2.75, 3.05) is 6.67 Å². The van der Waals surface area contributed by atoms with Crippen molar-refractivity contribution in [1.29, 1.82) is 0 Å². The van der Waals surface area contributed by atoms with Crippen LogP contribution < -0.4 is 0 Å². The van der Waals surface area contributed by atoms with Crippen LogP contribution >= 0.6 is 35.0 Å². The van der Waals surface area contributed by atoms with Crippen molar-refractivity contribution in [2.45, 2.75) is 32.1 Å². The number of hydrogen-bond acceptors (Lipinski definition) is 2. The van der Waals surface area contributed by atoms with Crippen LogP contribution in [0.15, 0.2) is 50.3 Å². The second kappa shape index (κ2) is 9.29. The zero-order chi connectivity index (χ0) is 15.8. The third-order valence-corrected chi connectivity index (χ3v) is 4.74. The normalized spacial score (nSPS) is 13.7. The van der Waals surface area contributed by atoms with Crippen molar-refractivity contribution in [2.24, 2.45) is 4.99 Å². The standard InChI is InChI=1S/C16H18Cl2FNS/c1-4-6-11(2)10-20-16(12(3)9-19)21-14-8-5-7-13(17)15(14)18/h5-8,10H,4,9H2,1-3H3/b11-6-,16-12-,20-10-. The number of hydrogen-bond donors (Lipinski definition) is 0. The van der Waals surface area contributed by atoms with Gasteiger partial charge in [-0.1, -0.05) is 54.0 Å². The minimum atomic E-state index is -0.547. The maximum atomic E-state index is 13.0. The fourth-order valence-corrected chi connectivity index (χ4v) is 2.84. The van der Waals surface area contributed by atoms with Gasteiger partial charge in [-0.2, -0.15) is 0 Å². The molecular weight excluding hydrogens is 328 g/mol. The molecule has 21 heavy (non-hydrogen) atoms. The van der Waals surface area contributed by atoms with Gasteiger partial charge in [0.05, 0.1) is 10.0 Å². The first-order valence-electron chi connectivity index (χ1n) is 6.58. The van der Waals surface area contributed by atoms with Crippen molar-refractivity contribution < 1.29 is 4.39 Å². The zero-order valence-electron chi connectivity index (χ0n) is 12.3. The van der Waals surface area contributed by atoms with E-state index in [1.54, 1.807) is 19.2 Å². The molecule has 0 aliphatic carbocycles. The third-order valence-electron chi connectivity index (χ3n) is 2.60. The number of nitrogens with zero attached hydrogens (tertiary/aromatic N) is 1. The number of rotatable bonds is 6. The first-order chi connectivity index (χ1) is 9.99. The lowest BCUT2D eigenvalue weighted by molar-refractivity contribution is 0.542. The fraction of sp³-hybridized carbons (Fsp3) is 0.312. The molecule has 0 heterocycles. The molecule has 1 aromatic carbocycles. The van der Waals surface area contributed by atoms with E-state index in [2.05, 4.69) is 18.0 Å². The summed E-state index contributed by atoms with van der Waals surface area (Å²) in [7, 11) is 0. The monoisotopic (exact) mass is 345 g/mol. The minimum Gasteiger partial charge on any atom is -0.249 e. The van der Waals surface area contributed by atoms with E-state index in [-0.39, 0.29) is 0 Å². The SMILES string of the molecule is CC\C=C(C)/C=N\C(Sc1cccc(Cl)c1Cl)=C(/C)CF. The highest BCUT2D eigenvalue weighted by molar-refractivity contribution is 8.03. The molecule has 0 amide bonds. The summed E-state index contributed by atoms with van der Waals surface area (Å²) < 4.78 is 13.0. The van der Waals surface area contributed by atoms with E-state index in [0.29, 0.717) is 20.6 Å². The van der Waals surface area contributed by atoms with Crippen LogP contribution in [0.1, 0.15) is 27.2 Å². The number of halogens is 3. The van der Waals surface area contributed by atoms with Gasteiger partial charge in [-0.15, -0.1) is 0 Å². The predicted molar refractivity (Wildman–Crippen MR) is 93.5 cm³/mol. The van der Waals surface area contributed by atoms with Gasteiger partial charge in [-0.3, -0.25) is 0 Å². The molecule has 1 nitrogen and oxygen atoms in total. The minimum absolute atomic E-state index is 0.462. The van der Waals surface area contributed by atoms with Gasteiger partial charge in [0, 0.05) is 11.1 Å². The average molecular weight is 346 g/mol. The second-order valence-electron chi connectivity index (χ2n) is 4.49. The Morgan fingerprint density at radius 3 is 2.67 bits per heavy atom. The van der Waals surface area contributed by atoms with E-state index >= 15 is 0 Å². The van der Waals surface area contributed by atoms with Crippen molar-refractivity contribution in [1.82, 2.24) is 0 Å². The quantitative estimate of drug-likeness (QED) is 0.412. The van der Waals surface area contributed by atoms with Crippen molar-refractivity contribution in [3.05, 3.63) is 50.5 Å². The van der Waals surface area contributed by atoms with E-state index < -0.39 is 6.67 Å². The van der Waals surface area contributed by atoms with Crippen LogP contribution in [0, 0.1) is 0 Å². The lowest BCUT2D eigenvalue weighted by atomic mass is 10.3. The van der Waals surface area contributed by atoms with E-state index in [9.17, 15) is 4.39 Å². The lowest BCUT2D eigenvalue weighted by Crippen LogP contribution is -1.88. The number of allylic oxidation sites excluding steroid dienone is 3. The highest BCUT2D eigenvalue weighted by Gasteiger charge is 2.09. The average Bonchev–Trinajstić information content (AvgIpc) is 2.47. The summed E-state index contributed by atoms with van der Waals surface area (Å²) >= 11 is 13.5. The number of thioether (sulfide) groups is 1. The molecule has 0 aromatic heterocycles. The highest BCUT2D eigenvalue weighted by atomic mass is 35.5. The molecule has 1 rings (SSSR count). The first-order valence-corrected chi connectivity index (χ1v) is 8.15. The first kappa shape index (κ1) is 18.3. The molecule has 0 saturated heterocycles. The van der Waals surface area contributed by atoms with Crippen LogP contribution in [0.25, 0.3) is 0 Å². The molecule has 0 radical (unpaired) electrons. The molecule has 0 N–H and O–H groups in total. The van der Waals surface area contributed by atoms with Crippen molar-refractivity contribution in [3.63, 3.8) is 0 Å². The van der Waals surface area contributed by atoms with Crippen LogP contribution in [-0.2, 0) is 0 Å². The highest BCUT2D eigenvalue weighted by Crippen LogP contribution is 2.38. The Morgan fingerprint density at radius 1 is 1.33 bits per heavy atom. The summed E-state index contributed by atoms with van der Waals surface area (Å²) in [5.74, 6) is 0.